The second kappa shape index (κ2) is 8.37. The van der Waals surface area contributed by atoms with E-state index in [1.54, 1.807) is 26.3 Å². The number of aryl methyl sites for hydroxylation is 1. The lowest BCUT2D eigenvalue weighted by molar-refractivity contribution is -0.134. The first-order valence-corrected chi connectivity index (χ1v) is 10.4. The Morgan fingerprint density at radius 1 is 1.06 bits per heavy atom. The molecule has 1 amide bonds. The highest BCUT2D eigenvalue weighted by molar-refractivity contribution is 5.80. The SMILES string of the molecule is COc1ccc(CC(=O)N2CCCC[C@H]2c2ccc3c(=O)n(C)c(=O)n(C)c3n2)cc1. The summed E-state index contributed by atoms with van der Waals surface area (Å²) in [6.07, 6.45) is 3.03. The Hall–Kier alpha value is -3.42. The van der Waals surface area contributed by atoms with E-state index in [0.717, 1.165) is 35.1 Å². The maximum Gasteiger partial charge on any atom is 0.332 e. The number of pyridine rings is 1. The van der Waals surface area contributed by atoms with Gasteiger partial charge in [0, 0.05) is 20.6 Å². The molecule has 1 fully saturated rings. The zero-order chi connectivity index (χ0) is 22.1. The van der Waals surface area contributed by atoms with Gasteiger partial charge in [0.15, 0.2) is 0 Å². The van der Waals surface area contributed by atoms with Crippen LogP contribution in [0.3, 0.4) is 0 Å². The number of nitrogens with zero attached hydrogens (tertiary/aromatic N) is 4. The van der Waals surface area contributed by atoms with Crippen molar-refractivity contribution >= 4 is 16.9 Å². The molecule has 1 aromatic carbocycles. The Balaban J connectivity index is 1.66. The highest BCUT2D eigenvalue weighted by atomic mass is 16.5. The molecule has 1 atom stereocenters. The number of piperidine rings is 1. The summed E-state index contributed by atoms with van der Waals surface area (Å²) >= 11 is 0. The van der Waals surface area contributed by atoms with Crippen molar-refractivity contribution in [3.63, 3.8) is 0 Å². The highest BCUT2D eigenvalue weighted by Crippen LogP contribution is 2.31. The third-order valence-corrected chi connectivity index (χ3v) is 6.00. The Kier molecular flexibility index (Phi) is 5.63. The monoisotopic (exact) mass is 422 g/mol. The maximum atomic E-state index is 13.1. The first-order chi connectivity index (χ1) is 14.9. The van der Waals surface area contributed by atoms with Gasteiger partial charge in [-0.3, -0.25) is 18.7 Å². The number of carbonyl (C=O) groups excluding carboxylic acids is 1. The number of hydrogen-bond donors (Lipinski definition) is 0. The molecule has 4 rings (SSSR count). The van der Waals surface area contributed by atoms with E-state index < -0.39 is 5.69 Å². The van der Waals surface area contributed by atoms with Crippen LogP contribution in [0.15, 0.2) is 46.0 Å². The molecule has 0 aliphatic carbocycles. The number of amides is 1. The number of methoxy groups -OCH3 is 1. The van der Waals surface area contributed by atoms with Crippen molar-refractivity contribution in [2.75, 3.05) is 13.7 Å². The predicted molar refractivity (Wildman–Crippen MR) is 117 cm³/mol. The van der Waals surface area contributed by atoms with Gasteiger partial charge in [0.2, 0.25) is 5.91 Å². The van der Waals surface area contributed by atoms with Gasteiger partial charge < -0.3 is 9.64 Å². The van der Waals surface area contributed by atoms with Gasteiger partial charge in [0.05, 0.1) is 30.7 Å². The average molecular weight is 422 g/mol. The van der Waals surface area contributed by atoms with Gasteiger partial charge in [0.1, 0.15) is 11.4 Å². The number of aromatic nitrogens is 3. The standard InChI is InChI=1S/C23H26N4O4/c1-25-21-17(22(29)26(2)23(25)30)11-12-18(24-21)19-6-4-5-13-27(19)20(28)14-15-7-9-16(31-3)10-8-15/h7-12,19H,4-6,13-14H2,1-3H3/t19-/m0/s1. The van der Waals surface area contributed by atoms with Crippen LogP contribution in [-0.2, 0) is 25.3 Å². The van der Waals surface area contributed by atoms with Crippen LogP contribution in [0.2, 0.25) is 0 Å². The second-order valence-electron chi connectivity index (χ2n) is 7.94. The summed E-state index contributed by atoms with van der Waals surface area (Å²) < 4.78 is 7.64. The zero-order valence-electron chi connectivity index (χ0n) is 18.0. The summed E-state index contributed by atoms with van der Waals surface area (Å²) in [7, 11) is 4.67. The fraction of sp³-hybridized carbons (Fsp3) is 0.391. The van der Waals surface area contributed by atoms with E-state index in [1.807, 2.05) is 29.2 Å². The van der Waals surface area contributed by atoms with E-state index >= 15 is 0 Å². The molecule has 0 unspecified atom stereocenters. The molecule has 0 bridgehead atoms. The Morgan fingerprint density at radius 3 is 2.52 bits per heavy atom. The highest BCUT2D eigenvalue weighted by Gasteiger charge is 2.29. The lowest BCUT2D eigenvalue weighted by Crippen LogP contribution is -2.40. The Morgan fingerprint density at radius 2 is 1.81 bits per heavy atom. The van der Waals surface area contributed by atoms with Crippen molar-refractivity contribution in [3.05, 3.63) is 68.5 Å². The molecule has 1 saturated heterocycles. The minimum Gasteiger partial charge on any atom is -0.497 e. The van der Waals surface area contributed by atoms with E-state index in [2.05, 4.69) is 4.98 Å². The third kappa shape index (κ3) is 3.85. The summed E-state index contributed by atoms with van der Waals surface area (Å²) in [5.41, 5.74) is 1.19. The van der Waals surface area contributed by atoms with Crippen LogP contribution in [0.4, 0.5) is 0 Å². The van der Waals surface area contributed by atoms with E-state index in [4.69, 9.17) is 4.74 Å². The summed E-state index contributed by atoms with van der Waals surface area (Å²) in [6, 6.07) is 10.8. The molecule has 8 nitrogen and oxygen atoms in total. The number of ether oxygens (including phenoxy) is 1. The molecule has 2 aromatic heterocycles. The zero-order valence-corrected chi connectivity index (χ0v) is 18.0. The molecular weight excluding hydrogens is 396 g/mol. The summed E-state index contributed by atoms with van der Waals surface area (Å²) in [6.45, 7) is 0.662. The van der Waals surface area contributed by atoms with Gasteiger partial charge in [-0.15, -0.1) is 0 Å². The number of hydrogen-bond acceptors (Lipinski definition) is 5. The minimum absolute atomic E-state index is 0.0367. The number of likely N-dealkylation sites (tertiary alicyclic amines) is 1. The van der Waals surface area contributed by atoms with Crippen molar-refractivity contribution in [1.29, 1.82) is 0 Å². The Labute approximate surface area is 179 Å². The van der Waals surface area contributed by atoms with Crippen LogP contribution in [0, 0.1) is 0 Å². The van der Waals surface area contributed by atoms with Gasteiger partial charge in [0.25, 0.3) is 5.56 Å². The molecule has 0 saturated carbocycles. The third-order valence-electron chi connectivity index (χ3n) is 6.00. The largest absolute Gasteiger partial charge is 0.497 e. The molecule has 1 aliphatic rings. The number of rotatable bonds is 4. The van der Waals surface area contributed by atoms with Gasteiger partial charge in [-0.2, -0.15) is 0 Å². The molecule has 0 radical (unpaired) electrons. The van der Waals surface area contributed by atoms with Crippen molar-refractivity contribution in [2.45, 2.75) is 31.7 Å². The minimum atomic E-state index is -0.418. The molecule has 1 aliphatic heterocycles. The lowest BCUT2D eigenvalue weighted by atomic mass is 9.97. The molecule has 0 N–H and O–H groups in total. The second-order valence-corrected chi connectivity index (χ2v) is 7.94. The number of carbonyl (C=O) groups is 1. The van der Waals surface area contributed by atoms with E-state index in [9.17, 15) is 14.4 Å². The van der Waals surface area contributed by atoms with E-state index in [0.29, 0.717) is 29.7 Å². The number of fused-ring (bicyclic) bond motifs is 1. The van der Waals surface area contributed by atoms with Crippen LogP contribution in [0.5, 0.6) is 5.75 Å². The average Bonchev–Trinajstić information content (AvgIpc) is 2.81. The van der Waals surface area contributed by atoms with Crippen LogP contribution in [0.1, 0.15) is 36.6 Å². The fourth-order valence-corrected chi connectivity index (χ4v) is 4.21. The fourth-order valence-electron chi connectivity index (χ4n) is 4.21. The first kappa shape index (κ1) is 20.8. The summed E-state index contributed by atoms with van der Waals surface area (Å²) in [5.74, 6) is 0.791. The van der Waals surface area contributed by atoms with Crippen molar-refractivity contribution < 1.29 is 9.53 Å². The maximum absolute atomic E-state index is 13.1. The quantitative estimate of drug-likeness (QED) is 0.641. The van der Waals surface area contributed by atoms with Crippen LogP contribution >= 0.6 is 0 Å². The molecule has 8 heteroatoms. The number of benzene rings is 1. The van der Waals surface area contributed by atoms with Gasteiger partial charge >= 0.3 is 5.69 Å². The Bertz CT molecular complexity index is 1240. The van der Waals surface area contributed by atoms with Crippen LogP contribution in [-0.4, -0.2) is 38.6 Å². The lowest BCUT2D eigenvalue weighted by Gasteiger charge is -2.35. The van der Waals surface area contributed by atoms with Crippen LogP contribution in [0.25, 0.3) is 11.0 Å². The summed E-state index contributed by atoms with van der Waals surface area (Å²) in [5, 5.41) is 0.389. The van der Waals surface area contributed by atoms with Gasteiger partial charge in [-0.05, 0) is 49.1 Å². The molecular formula is C23H26N4O4. The predicted octanol–water partition coefficient (Wildman–Crippen LogP) is 1.94. The van der Waals surface area contributed by atoms with Crippen molar-refractivity contribution in [2.24, 2.45) is 14.1 Å². The molecule has 3 heterocycles. The normalized spacial score (nSPS) is 16.5. The van der Waals surface area contributed by atoms with E-state index in [-0.39, 0.29) is 17.5 Å². The van der Waals surface area contributed by atoms with E-state index in [1.165, 1.54) is 11.6 Å². The summed E-state index contributed by atoms with van der Waals surface area (Å²) in [4.78, 5) is 44.5. The molecule has 162 valence electrons. The van der Waals surface area contributed by atoms with Crippen LogP contribution < -0.4 is 16.0 Å². The van der Waals surface area contributed by atoms with Crippen molar-refractivity contribution in [3.8, 4) is 5.75 Å². The molecule has 3 aromatic rings. The van der Waals surface area contributed by atoms with Gasteiger partial charge in [-0.1, -0.05) is 12.1 Å². The first-order valence-electron chi connectivity index (χ1n) is 10.4. The molecule has 31 heavy (non-hydrogen) atoms. The van der Waals surface area contributed by atoms with Gasteiger partial charge in [-0.25, -0.2) is 9.78 Å². The van der Waals surface area contributed by atoms with Crippen molar-refractivity contribution in [1.82, 2.24) is 19.0 Å². The topological polar surface area (TPSA) is 86.4 Å². The smallest absolute Gasteiger partial charge is 0.332 e. The molecule has 0 spiro atoms.